The van der Waals surface area contributed by atoms with Crippen molar-refractivity contribution in [3.05, 3.63) is 48.3 Å². The number of benzene rings is 1. The van der Waals surface area contributed by atoms with Crippen LogP contribution in [0.15, 0.2) is 42.7 Å². The number of hydrogen-bond acceptors (Lipinski definition) is 5. The van der Waals surface area contributed by atoms with Gasteiger partial charge in [0, 0.05) is 17.7 Å². The molecule has 2 heterocycles. The lowest BCUT2D eigenvalue weighted by atomic mass is 9.91. The second kappa shape index (κ2) is 8.58. The van der Waals surface area contributed by atoms with Crippen molar-refractivity contribution in [1.82, 2.24) is 15.3 Å². The van der Waals surface area contributed by atoms with Crippen LogP contribution in [0.3, 0.4) is 0 Å². The van der Waals surface area contributed by atoms with Gasteiger partial charge in [0.25, 0.3) is 0 Å². The third kappa shape index (κ3) is 4.89. The summed E-state index contributed by atoms with van der Waals surface area (Å²) < 4.78 is 0. The highest BCUT2D eigenvalue weighted by Crippen LogP contribution is 2.22. The van der Waals surface area contributed by atoms with Crippen molar-refractivity contribution in [1.29, 1.82) is 0 Å². The van der Waals surface area contributed by atoms with Crippen molar-refractivity contribution in [2.75, 3.05) is 18.4 Å². The SMILES string of the molecule is CC(Nc1cncc(-c2cccc(C=CC(=O)O)c2)n1)C1CCNCC1. The van der Waals surface area contributed by atoms with Crippen molar-refractivity contribution >= 4 is 17.9 Å². The van der Waals surface area contributed by atoms with Crippen molar-refractivity contribution in [3.63, 3.8) is 0 Å². The van der Waals surface area contributed by atoms with Crippen LogP contribution in [0.2, 0.25) is 0 Å². The monoisotopic (exact) mass is 352 g/mol. The van der Waals surface area contributed by atoms with Gasteiger partial charge in [0.1, 0.15) is 5.82 Å². The number of aliphatic carboxylic acids is 1. The van der Waals surface area contributed by atoms with Crippen LogP contribution >= 0.6 is 0 Å². The molecule has 0 amide bonds. The largest absolute Gasteiger partial charge is 0.478 e. The summed E-state index contributed by atoms with van der Waals surface area (Å²) in [5.74, 6) is 0.430. The molecule has 1 aliphatic rings. The molecule has 1 aromatic carbocycles. The highest BCUT2D eigenvalue weighted by atomic mass is 16.4. The number of hydrogen-bond donors (Lipinski definition) is 3. The van der Waals surface area contributed by atoms with Crippen LogP contribution in [0.5, 0.6) is 0 Å². The molecule has 0 bridgehead atoms. The number of carboxylic acids is 1. The minimum Gasteiger partial charge on any atom is -0.478 e. The fourth-order valence-electron chi connectivity index (χ4n) is 3.24. The number of nitrogens with zero attached hydrogens (tertiary/aromatic N) is 2. The van der Waals surface area contributed by atoms with E-state index in [0.29, 0.717) is 12.0 Å². The van der Waals surface area contributed by atoms with E-state index < -0.39 is 5.97 Å². The first kappa shape index (κ1) is 18.1. The lowest BCUT2D eigenvalue weighted by Crippen LogP contribution is -2.36. The van der Waals surface area contributed by atoms with Gasteiger partial charge in [-0.3, -0.25) is 4.98 Å². The van der Waals surface area contributed by atoms with E-state index in [-0.39, 0.29) is 0 Å². The molecule has 26 heavy (non-hydrogen) atoms. The van der Waals surface area contributed by atoms with E-state index in [2.05, 4.69) is 27.5 Å². The molecule has 1 fully saturated rings. The van der Waals surface area contributed by atoms with Gasteiger partial charge < -0.3 is 15.7 Å². The van der Waals surface area contributed by atoms with Gasteiger partial charge in [0.05, 0.1) is 18.1 Å². The molecule has 1 unspecified atom stereocenters. The predicted octanol–water partition coefficient (Wildman–Crippen LogP) is 3.04. The first-order valence-electron chi connectivity index (χ1n) is 8.92. The Balaban J connectivity index is 1.74. The Kier molecular flexibility index (Phi) is 5.96. The van der Waals surface area contributed by atoms with E-state index in [0.717, 1.165) is 41.8 Å². The van der Waals surface area contributed by atoms with Gasteiger partial charge >= 0.3 is 5.97 Å². The molecule has 1 saturated heterocycles. The Morgan fingerprint density at radius 1 is 1.35 bits per heavy atom. The van der Waals surface area contributed by atoms with Gasteiger partial charge in [-0.05, 0) is 56.5 Å². The van der Waals surface area contributed by atoms with E-state index in [4.69, 9.17) is 5.11 Å². The van der Waals surface area contributed by atoms with Crippen LogP contribution in [0.1, 0.15) is 25.3 Å². The molecule has 2 aromatic rings. The highest BCUT2D eigenvalue weighted by molar-refractivity contribution is 5.85. The van der Waals surface area contributed by atoms with Crippen LogP contribution in [0, 0.1) is 5.92 Å². The quantitative estimate of drug-likeness (QED) is 0.693. The second-order valence-electron chi connectivity index (χ2n) is 6.61. The van der Waals surface area contributed by atoms with Crippen molar-refractivity contribution in [3.8, 4) is 11.3 Å². The molecule has 6 nitrogen and oxygen atoms in total. The third-order valence-electron chi connectivity index (χ3n) is 4.70. The number of carbonyl (C=O) groups is 1. The first-order valence-corrected chi connectivity index (χ1v) is 8.92. The molecule has 0 saturated carbocycles. The summed E-state index contributed by atoms with van der Waals surface area (Å²) in [5.41, 5.74) is 2.48. The summed E-state index contributed by atoms with van der Waals surface area (Å²) in [6.07, 6.45) is 8.50. The molecule has 3 rings (SSSR count). The summed E-state index contributed by atoms with van der Waals surface area (Å²) in [5, 5.41) is 15.6. The molecular weight excluding hydrogens is 328 g/mol. The average Bonchev–Trinajstić information content (AvgIpc) is 2.67. The number of piperidine rings is 1. The molecule has 1 aromatic heterocycles. The number of rotatable bonds is 6. The molecule has 1 aliphatic heterocycles. The number of nitrogens with one attached hydrogen (secondary N) is 2. The van der Waals surface area contributed by atoms with Crippen LogP contribution < -0.4 is 10.6 Å². The normalized spacial score (nSPS) is 16.5. The van der Waals surface area contributed by atoms with Crippen LogP contribution in [-0.4, -0.2) is 40.2 Å². The van der Waals surface area contributed by atoms with Crippen LogP contribution in [0.4, 0.5) is 5.82 Å². The molecule has 0 radical (unpaired) electrons. The number of carboxylic acid groups (broad SMARTS) is 1. The highest BCUT2D eigenvalue weighted by Gasteiger charge is 2.20. The topological polar surface area (TPSA) is 87.1 Å². The molecular formula is C20H24N4O2. The first-order chi connectivity index (χ1) is 12.6. The predicted molar refractivity (Wildman–Crippen MR) is 103 cm³/mol. The minimum atomic E-state index is -0.965. The lowest BCUT2D eigenvalue weighted by molar-refractivity contribution is -0.131. The van der Waals surface area contributed by atoms with Gasteiger partial charge in [-0.25, -0.2) is 9.78 Å². The molecule has 3 N–H and O–H groups in total. The van der Waals surface area contributed by atoms with Gasteiger partial charge in [-0.1, -0.05) is 18.2 Å². The zero-order chi connectivity index (χ0) is 18.4. The Morgan fingerprint density at radius 2 is 2.15 bits per heavy atom. The summed E-state index contributed by atoms with van der Waals surface area (Å²) in [7, 11) is 0. The summed E-state index contributed by atoms with van der Waals surface area (Å²) >= 11 is 0. The Hall–Kier alpha value is -2.73. The summed E-state index contributed by atoms with van der Waals surface area (Å²) in [4.78, 5) is 19.7. The van der Waals surface area contributed by atoms with Gasteiger partial charge in [0.15, 0.2) is 0 Å². The molecule has 136 valence electrons. The molecule has 6 heteroatoms. The summed E-state index contributed by atoms with van der Waals surface area (Å²) in [6, 6.07) is 7.94. The van der Waals surface area contributed by atoms with Crippen molar-refractivity contribution in [2.24, 2.45) is 5.92 Å². The standard InChI is InChI=1S/C20H24N4O2/c1-14(16-7-9-21-10-8-16)23-19-13-22-12-18(24-19)17-4-2-3-15(11-17)5-6-20(25)26/h2-6,11-14,16,21H,7-10H2,1H3,(H,23,24)(H,25,26). The summed E-state index contributed by atoms with van der Waals surface area (Å²) in [6.45, 7) is 4.33. The van der Waals surface area contributed by atoms with E-state index in [1.165, 1.54) is 12.8 Å². The zero-order valence-electron chi connectivity index (χ0n) is 14.9. The third-order valence-corrected chi connectivity index (χ3v) is 4.70. The van der Waals surface area contributed by atoms with E-state index >= 15 is 0 Å². The van der Waals surface area contributed by atoms with Gasteiger partial charge in [-0.2, -0.15) is 0 Å². The molecule has 0 aliphatic carbocycles. The van der Waals surface area contributed by atoms with Crippen molar-refractivity contribution in [2.45, 2.75) is 25.8 Å². The Labute approximate surface area is 153 Å². The molecule has 0 spiro atoms. The van der Waals surface area contributed by atoms with Gasteiger partial charge in [-0.15, -0.1) is 0 Å². The minimum absolute atomic E-state index is 0.339. The maximum absolute atomic E-state index is 10.7. The van der Waals surface area contributed by atoms with E-state index in [1.54, 1.807) is 18.5 Å². The average molecular weight is 352 g/mol. The smallest absolute Gasteiger partial charge is 0.328 e. The van der Waals surface area contributed by atoms with Crippen molar-refractivity contribution < 1.29 is 9.90 Å². The van der Waals surface area contributed by atoms with E-state index in [1.807, 2.05) is 24.3 Å². The van der Waals surface area contributed by atoms with Gasteiger partial charge in [0.2, 0.25) is 0 Å². The fraction of sp³-hybridized carbons (Fsp3) is 0.350. The van der Waals surface area contributed by atoms with Crippen LogP contribution in [-0.2, 0) is 4.79 Å². The Bertz CT molecular complexity index is 785. The van der Waals surface area contributed by atoms with Crippen LogP contribution in [0.25, 0.3) is 17.3 Å². The Morgan fingerprint density at radius 3 is 2.92 bits per heavy atom. The second-order valence-corrected chi connectivity index (χ2v) is 6.61. The maximum atomic E-state index is 10.7. The fourth-order valence-corrected chi connectivity index (χ4v) is 3.24. The number of anilines is 1. The maximum Gasteiger partial charge on any atom is 0.328 e. The number of aromatic nitrogens is 2. The zero-order valence-corrected chi connectivity index (χ0v) is 14.9. The molecule has 1 atom stereocenters. The van der Waals surface area contributed by atoms with E-state index in [9.17, 15) is 4.79 Å². The lowest BCUT2D eigenvalue weighted by Gasteiger charge is -2.29.